The second-order valence-electron chi connectivity index (χ2n) is 1.71. The van der Waals surface area contributed by atoms with Gasteiger partial charge in [-0.2, -0.15) is 5.26 Å². The van der Waals surface area contributed by atoms with Crippen LogP contribution in [0.5, 0.6) is 0 Å². The zero-order chi connectivity index (χ0) is 6.95. The molecule has 0 aliphatic carbocycles. The van der Waals surface area contributed by atoms with Crippen LogP contribution in [0.4, 0.5) is 0 Å². The van der Waals surface area contributed by atoms with Gasteiger partial charge in [-0.15, -0.1) is 0 Å². The van der Waals surface area contributed by atoms with E-state index < -0.39 is 0 Å². The predicted octanol–water partition coefficient (Wildman–Crippen LogP) is 2.42. The van der Waals surface area contributed by atoms with Gasteiger partial charge in [-0.05, 0) is 12.8 Å². The molecule has 0 spiro atoms. The minimum atomic E-state index is 0.654. The Labute approximate surface area is 56.3 Å². The number of rotatable bonds is 4. The Morgan fingerprint density at radius 1 is 1.56 bits per heavy atom. The Morgan fingerprint density at radius 2 is 2.33 bits per heavy atom. The molecule has 0 aromatic rings. The SMILES string of the molecule is C=CC=CCCCC#N. The molecule has 0 heterocycles. The molecule has 1 nitrogen and oxygen atoms in total. The van der Waals surface area contributed by atoms with Gasteiger partial charge in [-0.25, -0.2) is 0 Å². The molecule has 0 radical (unpaired) electrons. The van der Waals surface area contributed by atoms with Crippen LogP contribution in [0.1, 0.15) is 19.3 Å². The Morgan fingerprint density at radius 3 is 2.89 bits per heavy atom. The average molecular weight is 121 g/mol. The average Bonchev–Trinajstić information content (AvgIpc) is 1.89. The predicted molar refractivity (Wildman–Crippen MR) is 38.8 cm³/mol. The maximum atomic E-state index is 8.13. The zero-order valence-electron chi connectivity index (χ0n) is 5.51. The summed E-state index contributed by atoms with van der Waals surface area (Å²) in [6.07, 6.45) is 8.26. The molecule has 9 heavy (non-hydrogen) atoms. The molecule has 0 amide bonds. The van der Waals surface area contributed by atoms with Crippen molar-refractivity contribution in [3.63, 3.8) is 0 Å². The third-order valence-electron chi connectivity index (χ3n) is 0.932. The fourth-order valence-electron chi connectivity index (χ4n) is 0.491. The van der Waals surface area contributed by atoms with E-state index in [1.54, 1.807) is 6.08 Å². The van der Waals surface area contributed by atoms with Crippen LogP contribution in [0.25, 0.3) is 0 Å². The van der Waals surface area contributed by atoms with Crippen LogP contribution in [-0.2, 0) is 0 Å². The van der Waals surface area contributed by atoms with Crippen molar-refractivity contribution in [2.24, 2.45) is 0 Å². The van der Waals surface area contributed by atoms with Crippen molar-refractivity contribution in [3.8, 4) is 6.07 Å². The highest BCUT2D eigenvalue weighted by Gasteiger charge is 1.78. The Bertz CT molecular complexity index is 128. The maximum Gasteiger partial charge on any atom is 0.0621 e. The highest BCUT2D eigenvalue weighted by atomic mass is 14.2. The number of hydrogen-bond acceptors (Lipinski definition) is 1. The van der Waals surface area contributed by atoms with Crippen molar-refractivity contribution in [3.05, 3.63) is 24.8 Å². The summed E-state index contributed by atoms with van der Waals surface area (Å²) in [6, 6.07) is 2.08. The molecule has 0 aromatic heterocycles. The van der Waals surface area contributed by atoms with E-state index in [9.17, 15) is 0 Å². The van der Waals surface area contributed by atoms with Crippen LogP contribution < -0.4 is 0 Å². The zero-order valence-corrected chi connectivity index (χ0v) is 5.51. The Kier molecular flexibility index (Phi) is 6.17. The second-order valence-corrected chi connectivity index (χ2v) is 1.71. The van der Waals surface area contributed by atoms with Crippen molar-refractivity contribution in [1.29, 1.82) is 5.26 Å². The summed E-state index contributed by atoms with van der Waals surface area (Å²) in [5, 5.41) is 8.13. The molecule has 0 aliphatic rings. The topological polar surface area (TPSA) is 23.8 Å². The highest BCUT2D eigenvalue weighted by Crippen LogP contribution is 1.94. The molecular weight excluding hydrogens is 110 g/mol. The van der Waals surface area contributed by atoms with E-state index in [0.29, 0.717) is 6.42 Å². The van der Waals surface area contributed by atoms with Gasteiger partial charge in [0.1, 0.15) is 0 Å². The smallest absolute Gasteiger partial charge is 0.0621 e. The summed E-state index contributed by atoms with van der Waals surface area (Å²) in [7, 11) is 0. The molecule has 48 valence electrons. The minimum Gasteiger partial charge on any atom is -0.198 e. The van der Waals surface area contributed by atoms with E-state index in [4.69, 9.17) is 5.26 Å². The maximum absolute atomic E-state index is 8.13. The first-order chi connectivity index (χ1) is 4.41. The van der Waals surface area contributed by atoms with Crippen molar-refractivity contribution < 1.29 is 0 Å². The van der Waals surface area contributed by atoms with E-state index >= 15 is 0 Å². The number of hydrogen-bond donors (Lipinski definition) is 0. The van der Waals surface area contributed by atoms with Gasteiger partial charge in [0.05, 0.1) is 6.07 Å². The van der Waals surface area contributed by atoms with Crippen LogP contribution >= 0.6 is 0 Å². The molecule has 0 aliphatic heterocycles. The molecular formula is C8H11N. The second kappa shape index (κ2) is 6.97. The van der Waals surface area contributed by atoms with Gasteiger partial charge in [0, 0.05) is 6.42 Å². The Hall–Kier alpha value is -1.03. The van der Waals surface area contributed by atoms with E-state index in [1.165, 1.54) is 0 Å². The molecule has 0 aromatic carbocycles. The van der Waals surface area contributed by atoms with Gasteiger partial charge in [-0.3, -0.25) is 0 Å². The van der Waals surface area contributed by atoms with E-state index in [2.05, 4.69) is 12.6 Å². The minimum absolute atomic E-state index is 0.654. The monoisotopic (exact) mass is 121 g/mol. The van der Waals surface area contributed by atoms with Crippen LogP contribution in [0, 0.1) is 11.3 Å². The van der Waals surface area contributed by atoms with Crippen molar-refractivity contribution in [1.82, 2.24) is 0 Å². The molecule has 0 saturated heterocycles. The molecule has 1 heteroatoms. The molecule has 0 unspecified atom stereocenters. The molecule has 0 N–H and O–H groups in total. The molecule has 0 saturated carbocycles. The quantitative estimate of drug-likeness (QED) is 0.414. The largest absolute Gasteiger partial charge is 0.198 e. The summed E-state index contributed by atoms with van der Waals surface area (Å²) in [5.74, 6) is 0. The van der Waals surface area contributed by atoms with E-state index in [0.717, 1.165) is 12.8 Å². The van der Waals surface area contributed by atoms with Gasteiger partial charge in [0.25, 0.3) is 0 Å². The molecule has 0 atom stereocenters. The molecule has 0 bridgehead atoms. The first-order valence-corrected chi connectivity index (χ1v) is 3.06. The number of nitriles is 1. The normalized spacial score (nSPS) is 9.22. The first kappa shape index (κ1) is 7.97. The number of nitrogens with zero attached hydrogens (tertiary/aromatic N) is 1. The fourth-order valence-corrected chi connectivity index (χ4v) is 0.491. The van der Waals surface area contributed by atoms with Crippen LogP contribution in [0.2, 0.25) is 0 Å². The lowest BCUT2D eigenvalue weighted by Gasteiger charge is -1.82. The summed E-state index contributed by atoms with van der Waals surface area (Å²) in [4.78, 5) is 0. The summed E-state index contributed by atoms with van der Waals surface area (Å²) in [5.41, 5.74) is 0. The fraction of sp³-hybridized carbons (Fsp3) is 0.375. The van der Waals surface area contributed by atoms with Crippen LogP contribution in [-0.4, -0.2) is 0 Å². The highest BCUT2D eigenvalue weighted by molar-refractivity contribution is 4.97. The lowest BCUT2D eigenvalue weighted by atomic mass is 10.2. The van der Waals surface area contributed by atoms with Gasteiger partial charge >= 0.3 is 0 Å². The van der Waals surface area contributed by atoms with Crippen molar-refractivity contribution >= 4 is 0 Å². The van der Waals surface area contributed by atoms with Gasteiger partial charge in [0.15, 0.2) is 0 Å². The van der Waals surface area contributed by atoms with Crippen molar-refractivity contribution in [2.45, 2.75) is 19.3 Å². The van der Waals surface area contributed by atoms with Gasteiger partial charge in [-0.1, -0.05) is 24.8 Å². The summed E-state index contributed by atoms with van der Waals surface area (Å²) < 4.78 is 0. The van der Waals surface area contributed by atoms with Gasteiger partial charge < -0.3 is 0 Å². The number of unbranched alkanes of at least 4 members (excludes halogenated alkanes) is 2. The van der Waals surface area contributed by atoms with Crippen LogP contribution in [0.3, 0.4) is 0 Å². The van der Waals surface area contributed by atoms with E-state index in [-0.39, 0.29) is 0 Å². The standard InChI is InChI=1S/C8H11N/c1-2-3-4-5-6-7-8-9/h2-4H,1,5-7H2. The lowest BCUT2D eigenvalue weighted by molar-refractivity contribution is 0.876. The number of allylic oxidation sites excluding steroid dienone is 3. The van der Waals surface area contributed by atoms with E-state index in [1.807, 2.05) is 12.2 Å². The third kappa shape index (κ3) is 6.97. The lowest BCUT2D eigenvalue weighted by Crippen LogP contribution is -1.66. The van der Waals surface area contributed by atoms with Crippen molar-refractivity contribution in [2.75, 3.05) is 0 Å². The Balaban J connectivity index is 3.01. The van der Waals surface area contributed by atoms with Gasteiger partial charge in [0.2, 0.25) is 0 Å². The molecule has 0 rings (SSSR count). The summed E-state index contributed by atoms with van der Waals surface area (Å²) >= 11 is 0. The first-order valence-electron chi connectivity index (χ1n) is 3.06. The van der Waals surface area contributed by atoms with Crippen LogP contribution in [0.15, 0.2) is 24.8 Å². The summed E-state index contributed by atoms with van der Waals surface area (Å²) in [6.45, 7) is 3.53. The molecule has 0 fully saturated rings. The third-order valence-corrected chi connectivity index (χ3v) is 0.932.